The zero-order chi connectivity index (χ0) is 7.82. The fourth-order valence-electron chi connectivity index (χ4n) is 0.785. The van der Waals surface area contributed by atoms with Gasteiger partial charge < -0.3 is 0 Å². The Kier molecular flexibility index (Phi) is 6.55. The highest BCUT2D eigenvalue weighted by Gasteiger charge is 1.95. The molecular formula is C8H16N2. The molecule has 2 heteroatoms. The highest BCUT2D eigenvalue weighted by molar-refractivity contribution is 4.69. The average Bonchev–Trinajstić information content (AvgIpc) is 1.89. The van der Waals surface area contributed by atoms with E-state index in [9.17, 15) is 0 Å². The van der Waals surface area contributed by atoms with Crippen molar-refractivity contribution in [1.29, 1.82) is 0 Å². The third-order valence-corrected chi connectivity index (χ3v) is 1.36. The summed E-state index contributed by atoms with van der Waals surface area (Å²) in [7, 11) is 0. The van der Waals surface area contributed by atoms with Crippen LogP contribution in [0.15, 0.2) is 12.7 Å². The first-order valence-electron chi connectivity index (χ1n) is 3.86. The summed E-state index contributed by atoms with van der Waals surface area (Å²) in [6.45, 7) is 7.01. The molecule has 0 aromatic rings. The topological polar surface area (TPSA) is 25.5 Å². The van der Waals surface area contributed by atoms with Crippen LogP contribution in [0.4, 0.5) is 0 Å². The minimum atomic E-state index is 0.573. The van der Waals surface area contributed by atoms with Gasteiger partial charge in [-0.2, -0.15) is 0 Å². The lowest BCUT2D eigenvalue weighted by Crippen LogP contribution is -2.22. The largest absolute Gasteiger partial charge is 0.205 e. The van der Waals surface area contributed by atoms with E-state index in [2.05, 4.69) is 13.5 Å². The monoisotopic (exact) mass is 140 g/mol. The van der Waals surface area contributed by atoms with E-state index in [-0.39, 0.29) is 0 Å². The molecule has 10 heavy (non-hydrogen) atoms. The van der Waals surface area contributed by atoms with Gasteiger partial charge in [-0.3, -0.25) is 0 Å². The third kappa shape index (κ3) is 5.79. The molecule has 0 bridgehead atoms. The first kappa shape index (κ1) is 9.66. The van der Waals surface area contributed by atoms with Crippen molar-refractivity contribution in [3.05, 3.63) is 12.7 Å². The van der Waals surface area contributed by atoms with Crippen LogP contribution in [-0.4, -0.2) is 18.1 Å². The maximum absolute atomic E-state index is 9.04. The van der Waals surface area contributed by atoms with Crippen LogP contribution in [0.5, 0.6) is 0 Å². The lowest BCUT2D eigenvalue weighted by atomic mass is 10.2. The van der Waals surface area contributed by atoms with Crippen LogP contribution in [0.25, 0.3) is 0 Å². The van der Waals surface area contributed by atoms with E-state index in [0.29, 0.717) is 6.54 Å². The van der Waals surface area contributed by atoms with Crippen LogP contribution < -0.4 is 5.84 Å². The molecule has 2 radical (unpaired) electrons. The van der Waals surface area contributed by atoms with Crippen LogP contribution in [0.2, 0.25) is 0 Å². The van der Waals surface area contributed by atoms with E-state index in [1.807, 2.05) is 0 Å². The van der Waals surface area contributed by atoms with Gasteiger partial charge in [0.1, 0.15) is 0 Å². The predicted octanol–water partition coefficient (Wildman–Crippen LogP) is 1.65. The van der Waals surface area contributed by atoms with Crippen molar-refractivity contribution < 1.29 is 0 Å². The van der Waals surface area contributed by atoms with Crippen molar-refractivity contribution in [3.8, 4) is 0 Å². The minimum Gasteiger partial charge on any atom is -0.205 e. The molecule has 58 valence electrons. The minimum absolute atomic E-state index is 0.573. The second kappa shape index (κ2) is 6.78. The Morgan fingerprint density at radius 2 is 2.20 bits per heavy atom. The van der Waals surface area contributed by atoms with E-state index < -0.39 is 0 Å². The molecule has 0 aliphatic carbocycles. The number of unbranched alkanes of at least 4 members (excludes halogenated alkanes) is 2. The molecule has 0 aromatic heterocycles. The van der Waals surface area contributed by atoms with Crippen LogP contribution in [-0.2, 0) is 0 Å². The smallest absolute Gasteiger partial charge is 0.0340 e. The van der Waals surface area contributed by atoms with Crippen molar-refractivity contribution in [1.82, 2.24) is 10.9 Å². The van der Waals surface area contributed by atoms with E-state index in [4.69, 9.17) is 5.84 Å². The van der Waals surface area contributed by atoms with E-state index in [0.717, 1.165) is 13.0 Å². The van der Waals surface area contributed by atoms with Crippen molar-refractivity contribution >= 4 is 0 Å². The predicted molar refractivity (Wildman–Crippen MR) is 43.4 cm³/mol. The summed E-state index contributed by atoms with van der Waals surface area (Å²) >= 11 is 0. The first-order chi connectivity index (χ1) is 4.81. The summed E-state index contributed by atoms with van der Waals surface area (Å²) in [5.74, 6) is 9.04. The average molecular weight is 140 g/mol. The van der Waals surface area contributed by atoms with Gasteiger partial charge in [0.15, 0.2) is 0 Å². The summed E-state index contributed by atoms with van der Waals surface area (Å²) in [5.41, 5.74) is 0. The standard InChI is InChI=1S/C8H16N2/c1-3-5-6-8-10(9)7-4-2/h4H,2-3,5-8H2,1H3. The van der Waals surface area contributed by atoms with E-state index in [1.165, 1.54) is 17.9 Å². The van der Waals surface area contributed by atoms with Crippen molar-refractivity contribution in [3.63, 3.8) is 0 Å². The van der Waals surface area contributed by atoms with Crippen molar-refractivity contribution in [2.45, 2.75) is 26.2 Å². The molecule has 0 aromatic carbocycles. The van der Waals surface area contributed by atoms with E-state index in [1.54, 1.807) is 6.08 Å². The number of rotatable bonds is 6. The zero-order valence-corrected chi connectivity index (χ0v) is 6.71. The van der Waals surface area contributed by atoms with Crippen molar-refractivity contribution in [2.75, 3.05) is 13.1 Å². The Morgan fingerprint density at radius 1 is 1.50 bits per heavy atom. The van der Waals surface area contributed by atoms with Gasteiger partial charge in [0.05, 0.1) is 0 Å². The Bertz CT molecular complexity index is 81.3. The molecule has 0 fully saturated rings. The molecule has 0 heterocycles. The lowest BCUT2D eigenvalue weighted by Gasteiger charge is -2.08. The van der Waals surface area contributed by atoms with Gasteiger partial charge in [0, 0.05) is 13.1 Å². The molecular weight excluding hydrogens is 124 g/mol. The van der Waals surface area contributed by atoms with Gasteiger partial charge in [-0.1, -0.05) is 25.8 Å². The van der Waals surface area contributed by atoms with Crippen LogP contribution >= 0.6 is 0 Å². The first-order valence-corrected chi connectivity index (χ1v) is 3.86. The van der Waals surface area contributed by atoms with Gasteiger partial charge in [-0.05, 0) is 12.3 Å². The Morgan fingerprint density at radius 3 is 2.70 bits per heavy atom. The normalized spacial score (nSPS) is 10.3. The van der Waals surface area contributed by atoms with Crippen molar-refractivity contribution in [2.24, 2.45) is 0 Å². The van der Waals surface area contributed by atoms with E-state index >= 15 is 0 Å². The van der Waals surface area contributed by atoms with Gasteiger partial charge in [-0.25, -0.2) is 5.01 Å². The summed E-state index contributed by atoms with van der Waals surface area (Å²) in [6.07, 6.45) is 5.16. The maximum Gasteiger partial charge on any atom is 0.0340 e. The molecule has 0 aliphatic heterocycles. The number of nitrogens with zero attached hydrogens (tertiary/aromatic N) is 2. The molecule has 0 aliphatic rings. The van der Waals surface area contributed by atoms with Crippen LogP contribution in [0.3, 0.4) is 0 Å². The third-order valence-electron chi connectivity index (χ3n) is 1.36. The molecule has 0 saturated heterocycles. The molecule has 0 atom stereocenters. The summed E-state index contributed by atoms with van der Waals surface area (Å²) in [4.78, 5) is 0. The number of hydrogen-bond donors (Lipinski definition) is 0. The molecule has 2 nitrogen and oxygen atoms in total. The summed E-state index contributed by atoms with van der Waals surface area (Å²) < 4.78 is 0. The van der Waals surface area contributed by atoms with Crippen LogP contribution in [0.1, 0.15) is 26.2 Å². The Labute approximate surface area is 63.7 Å². The molecule has 0 amide bonds. The quantitative estimate of drug-likeness (QED) is 0.313. The highest BCUT2D eigenvalue weighted by Crippen LogP contribution is 1.94. The van der Waals surface area contributed by atoms with Crippen LogP contribution in [0, 0.1) is 0 Å². The second-order valence-corrected chi connectivity index (χ2v) is 2.41. The fraction of sp³-hybridized carbons (Fsp3) is 0.750. The Hall–Kier alpha value is -0.340. The molecule has 0 N–H and O–H groups in total. The fourth-order valence-corrected chi connectivity index (χ4v) is 0.785. The molecule has 0 unspecified atom stereocenters. The maximum atomic E-state index is 9.04. The molecule has 0 spiro atoms. The van der Waals surface area contributed by atoms with Gasteiger partial charge in [0.25, 0.3) is 0 Å². The SMILES string of the molecule is C=CCN([N])CCCCC. The lowest BCUT2D eigenvalue weighted by molar-refractivity contribution is 0.289. The van der Waals surface area contributed by atoms with Gasteiger partial charge in [-0.15, -0.1) is 6.58 Å². The second-order valence-electron chi connectivity index (χ2n) is 2.41. The Balaban J connectivity index is 3.04. The summed E-state index contributed by atoms with van der Waals surface area (Å²) in [6, 6.07) is 0. The summed E-state index contributed by atoms with van der Waals surface area (Å²) in [5, 5.41) is 1.29. The molecule has 0 rings (SSSR count). The number of hydrogen-bond acceptors (Lipinski definition) is 1. The zero-order valence-electron chi connectivity index (χ0n) is 6.71. The van der Waals surface area contributed by atoms with Gasteiger partial charge >= 0.3 is 0 Å². The highest BCUT2D eigenvalue weighted by atomic mass is 15.4. The molecule has 0 saturated carbocycles. The van der Waals surface area contributed by atoms with Gasteiger partial charge in [0.2, 0.25) is 0 Å².